The van der Waals surface area contributed by atoms with Crippen molar-refractivity contribution in [3.63, 3.8) is 0 Å². The molecule has 6 heteroatoms. The van der Waals surface area contributed by atoms with Gasteiger partial charge in [-0.2, -0.15) is 0 Å². The Labute approximate surface area is 139 Å². The molecule has 0 spiro atoms. The van der Waals surface area contributed by atoms with E-state index in [9.17, 15) is 9.90 Å². The number of benzene rings is 2. The van der Waals surface area contributed by atoms with Crippen molar-refractivity contribution in [3.05, 3.63) is 64.4 Å². The quantitative estimate of drug-likeness (QED) is 0.748. The van der Waals surface area contributed by atoms with Crippen molar-refractivity contribution in [1.82, 2.24) is 15.0 Å². The maximum atomic E-state index is 12.3. The molecule has 0 aliphatic heterocycles. The highest BCUT2D eigenvalue weighted by molar-refractivity contribution is 5.76. The summed E-state index contributed by atoms with van der Waals surface area (Å²) in [6.45, 7) is 2.18. The molecular weight excluding hydrogens is 306 g/mol. The molecule has 1 heterocycles. The van der Waals surface area contributed by atoms with Crippen LogP contribution in [-0.2, 0) is 13.0 Å². The fourth-order valence-corrected chi connectivity index (χ4v) is 2.44. The third kappa shape index (κ3) is 3.60. The Hall–Kier alpha value is -2.73. The Morgan fingerprint density at radius 1 is 1.21 bits per heavy atom. The Morgan fingerprint density at radius 3 is 2.88 bits per heavy atom. The molecular formula is C18H19N3O3. The topological polar surface area (TPSA) is 77.2 Å². The molecule has 3 rings (SSSR count). The number of hydrogen-bond donors (Lipinski definition) is 1. The molecule has 1 N–H and O–H groups in total. The lowest BCUT2D eigenvalue weighted by Crippen LogP contribution is -2.32. The van der Waals surface area contributed by atoms with Crippen molar-refractivity contribution in [3.8, 4) is 5.75 Å². The van der Waals surface area contributed by atoms with Crippen molar-refractivity contribution < 1.29 is 9.84 Å². The number of nitrogens with zero attached hydrogens (tertiary/aromatic N) is 3. The summed E-state index contributed by atoms with van der Waals surface area (Å²) < 4.78 is 6.76. The zero-order chi connectivity index (χ0) is 16.9. The van der Waals surface area contributed by atoms with Crippen LogP contribution in [0.15, 0.2) is 53.3 Å². The molecule has 1 unspecified atom stereocenters. The van der Waals surface area contributed by atoms with E-state index < -0.39 is 6.10 Å². The summed E-state index contributed by atoms with van der Waals surface area (Å²) >= 11 is 0. The highest BCUT2D eigenvalue weighted by Crippen LogP contribution is 2.14. The van der Waals surface area contributed by atoms with Crippen LogP contribution in [0.3, 0.4) is 0 Å². The van der Waals surface area contributed by atoms with Crippen molar-refractivity contribution in [2.24, 2.45) is 0 Å². The first-order chi connectivity index (χ1) is 11.7. The molecule has 2 aromatic carbocycles. The Kier molecular flexibility index (Phi) is 4.86. The summed E-state index contributed by atoms with van der Waals surface area (Å²) in [6.07, 6.45) is 0.0606. The first-order valence-electron chi connectivity index (χ1n) is 7.89. The zero-order valence-corrected chi connectivity index (χ0v) is 13.4. The largest absolute Gasteiger partial charge is 0.491 e. The number of aryl methyl sites for hydroxylation is 1. The predicted molar refractivity (Wildman–Crippen MR) is 91.1 cm³/mol. The van der Waals surface area contributed by atoms with E-state index in [0.717, 1.165) is 6.42 Å². The second-order valence-corrected chi connectivity index (χ2v) is 5.56. The van der Waals surface area contributed by atoms with E-state index in [1.54, 1.807) is 24.3 Å². The van der Waals surface area contributed by atoms with Gasteiger partial charge < -0.3 is 9.84 Å². The van der Waals surface area contributed by atoms with Crippen LogP contribution in [-0.4, -0.2) is 32.8 Å². The molecule has 0 saturated carbocycles. The van der Waals surface area contributed by atoms with Gasteiger partial charge in [-0.1, -0.05) is 36.4 Å². The van der Waals surface area contributed by atoms with E-state index in [1.807, 2.05) is 24.3 Å². The number of rotatable bonds is 6. The van der Waals surface area contributed by atoms with E-state index in [1.165, 1.54) is 10.2 Å². The first kappa shape index (κ1) is 16.1. The highest BCUT2D eigenvalue weighted by Gasteiger charge is 2.11. The maximum Gasteiger partial charge on any atom is 0.277 e. The Balaban J connectivity index is 1.67. The number of hydrogen-bond acceptors (Lipinski definition) is 5. The van der Waals surface area contributed by atoms with Gasteiger partial charge in [0.25, 0.3) is 5.56 Å². The molecule has 0 radical (unpaired) electrons. The average molecular weight is 325 g/mol. The molecule has 0 amide bonds. The van der Waals surface area contributed by atoms with E-state index in [2.05, 4.69) is 17.2 Å². The second kappa shape index (κ2) is 7.23. The minimum Gasteiger partial charge on any atom is -0.491 e. The molecule has 0 fully saturated rings. The lowest BCUT2D eigenvalue weighted by atomic mass is 10.2. The minimum absolute atomic E-state index is 0.0319. The molecule has 0 aliphatic carbocycles. The van der Waals surface area contributed by atoms with Gasteiger partial charge in [-0.3, -0.25) is 4.79 Å². The van der Waals surface area contributed by atoms with Gasteiger partial charge in [0.15, 0.2) is 0 Å². The van der Waals surface area contributed by atoms with Gasteiger partial charge in [0.05, 0.1) is 11.9 Å². The fourth-order valence-electron chi connectivity index (χ4n) is 2.44. The van der Waals surface area contributed by atoms with Crippen molar-refractivity contribution in [2.45, 2.75) is 26.0 Å². The van der Waals surface area contributed by atoms with Crippen LogP contribution in [0.4, 0.5) is 0 Å². The Morgan fingerprint density at radius 2 is 2.04 bits per heavy atom. The van der Waals surface area contributed by atoms with E-state index in [4.69, 9.17) is 4.74 Å². The zero-order valence-electron chi connectivity index (χ0n) is 13.4. The van der Waals surface area contributed by atoms with Crippen LogP contribution in [0.25, 0.3) is 10.9 Å². The van der Waals surface area contributed by atoms with Gasteiger partial charge in [0.1, 0.15) is 24.0 Å². The SMILES string of the molecule is CCc1cccc(OCC(O)Cn2nnc3ccccc3c2=O)c1. The van der Waals surface area contributed by atoms with Crippen LogP contribution in [0.2, 0.25) is 0 Å². The fraction of sp³-hybridized carbons (Fsp3) is 0.278. The first-order valence-corrected chi connectivity index (χ1v) is 7.89. The molecule has 6 nitrogen and oxygen atoms in total. The summed E-state index contributed by atoms with van der Waals surface area (Å²) in [5.41, 5.74) is 1.44. The molecule has 0 saturated heterocycles. The Bertz CT molecular complexity index is 892. The maximum absolute atomic E-state index is 12.3. The molecule has 24 heavy (non-hydrogen) atoms. The van der Waals surface area contributed by atoms with Crippen LogP contribution in [0, 0.1) is 0 Å². The molecule has 1 aromatic heterocycles. The third-order valence-corrected chi connectivity index (χ3v) is 3.76. The second-order valence-electron chi connectivity index (χ2n) is 5.56. The van der Waals surface area contributed by atoms with Crippen LogP contribution in [0.1, 0.15) is 12.5 Å². The van der Waals surface area contributed by atoms with Gasteiger partial charge in [-0.15, -0.1) is 5.10 Å². The number of ether oxygens (including phenoxy) is 1. The van der Waals surface area contributed by atoms with Gasteiger partial charge in [0.2, 0.25) is 0 Å². The summed E-state index contributed by atoms with van der Waals surface area (Å²) in [5, 5.41) is 18.5. The lowest BCUT2D eigenvalue weighted by Gasteiger charge is -2.13. The predicted octanol–water partition coefficient (Wildman–Crippen LogP) is 1.79. The summed E-state index contributed by atoms with van der Waals surface area (Å²) in [4.78, 5) is 12.3. The van der Waals surface area contributed by atoms with Gasteiger partial charge in [-0.25, -0.2) is 4.68 Å². The normalized spacial score (nSPS) is 12.2. The molecule has 124 valence electrons. The van der Waals surface area contributed by atoms with Gasteiger partial charge in [0, 0.05) is 0 Å². The van der Waals surface area contributed by atoms with Crippen LogP contribution in [0.5, 0.6) is 5.75 Å². The van der Waals surface area contributed by atoms with Crippen LogP contribution >= 0.6 is 0 Å². The molecule has 0 bridgehead atoms. The monoisotopic (exact) mass is 325 g/mol. The number of aliphatic hydroxyl groups excluding tert-OH is 1. The van der Waals surface area contributed by atoms with Crippen molar-refractivity contribution in [2.75, 3.05) is 6.61 Å². The van der Waals surface area contributed by atoms with Crippen molar-refractivity contribution in [1.29, 1.82) is 0 Å². The van der Waals surface area contributed by atoms with Crippen molar-refractivity contribution >= 4 is 10.9 Å². The smallest absolute Gasteiger partial charge is 0.277 e. The van der Waals surface area contributed by atoms with Crippen LogP contribution < -0.4 is 10.3 Å². The molecule has 0 aliphatic rings. The minimum atomic E-state index is -0.858. The molecule has 3 aromatic rings. The number of fused-ring (bicyclic) bond motifs is 1. The summed E-state index contributed by atoms with van der Waals surface area (Å²) in [5.74, 6) is 0.699. The third-order valence-electron chi connectivity index (χ3n) is 3.76. The lowest BCUT2D eigenvalue weighted by molar-refractivity contribution is 0.0873. The van der Waals surface area contributed by atoms with E-state index >= 15 is 0 Å². The summed E-state index contributed by atoms with van der Waals surface area (Å²) in [7, 11) is 0. The van der Waals surface area contributed by atoms with Gasteiger partial charge in [-0.05, 0) is 36.2 Å². The number of aliphatic hydroxyl groups is 1. The molecule has 1 atom stereocenters. The summed E-state index contributed by atoms with van der Waals surface area (Å²) in [6, 6.07) is 14.7. The van der Waals surface area contributed by atoms with Gasteiger partial charge >= 0.3 is 0 Å². The standard InChI is InChI=1S/C18H19N3O3/c1-2-13-6-5-7-15(10-13)24-12-14(22)11-21-18(23)16-8-3-4-9-17(16)19-20-21/h3-10,14,22H,2,11-12H2,1H3. The highest BCUT2D eigenvalue weighted by atomic mass is 16.5. The van der Waals surface area contributed by atoms with E-state index in [-0.39, 0.29) is 18.7 Å². The van der Waals surface area contributed by atoms with E-state index in [0.29, 0.717) is 16.7 Å². The average Bonchev–Trinajstić information content (AvgIpc) is 2.63. The number of aromatic nitrogens is 3.